The van der Waals surface area contributed by atoms with Crippen LogP contribution in [0.2, 0.25) is 0 Å². The Bertz CT molecular complexity index is 466. The molecule has 110 valence electrons. The lowest BCUT2D eigenvalue weighted by Gasteiger charge is -2.14. The normalized spacial score (nSPS) is 11.2. The molecule has 0 fully saturated rings. The summed E-state index contributed by atoms with van der Waals surface area (Å²) in [5.74, 6) is 0.285. The molecule has 1 aromatic carbocycles. The van der Waals surface area contributed by atoms with Gasteiger partial charge >= 0.3 is 0 Å². The molecule has 0 bridgehead atoms. The highest BCUT2D eigenvalue weighted by atomic mass is 19.1. The second-order valence-electron chi connectivity index (χ2n) is 5.63. The Hall–Kier alpha value is -1.60. The third-order valence-electron chi connectivity index (χ3n) is 3.08. The lowest BCUT2D eigenvalue weighted by atomic mass is 9.89. The molecule has 0 spiro atoms. The van der Waals surface area contributed by atoms with E-state index in [9.17, 15) is 4.39 Å². The van der Waals surface area contributed by atoms with Crippen molar-refractivity contribution in [3.63, 3.8) is 0 Å². The highest BCUT2D eigenvalue weighted by molar-refractivity contribution is 5.29. The molecule has 0 heterocycles. The van der Waals surface area contributed by atoms with Crippen LogP contribution < -0.4 is 10.1 Å². The molecular weight excluding hydrogens is 255 g/mol. The zero-order chi connectivity index (χ0) is 15.0. The maximum Gasteiger partial charge on any atom is 0.127 e. The Morgan fingerprint density at radius 1 is 1.30 bits per heavy atom. The number of nitriles is 1. The fourth-order valence-electron chi connectivity index (χ4n) is 1.93. The molecule has 1 N–H and O–H groups in total. The average Bonchev–Trinajstić information content (AvgIpc) is 2.38. The standard InChI is InChI=1S/C16H23FN2O/c1-16(2,12-18)6-4-5-7-20-15-9-13(11-19-3)8-14(17)10-15/h8-10,19H,4-7,11H2,1-3H3. The number of halogens is 1. The molecule has 0 saturated heterocycles. The minimum atomic E-state index is -0.279. The third-order valence-corrected chi connectivity index (χ3v) is 3.08. The van der Waals surface area contributed by atoms with Crippen LogP contribution in [0.5, 0.6) is 5.75 Å². The molecule has 0 amide bonds. The van der Waals surface area contributed by atoms with Crippen LogP contribution in [0.4, 0.5) is 4.39 Å². The van der Waals surface area contributed by atoms with Crippen molar-refractivity contribution in [2.75, 3.05) is 13.7 Å². The van der Waals surface area contributed by atoms with Crippen molar-refractivity contribution in [1.29, 1.82) is 5.26 Å². The van der Waals surface area contributed by atoms with Crippen molar-refractivity contribution in [2.45, 2.75) is 39.7 Å². The predicted octanol–water partition coefficient (Wildman–Crippen LogP) is 3.64. The van der Waals surface area contributed by atoms with Gasteiger partial charge in [0.25, 0.3) is 0 Å². The number of unbranched alkanes of at least 4 members (excludes halogenated alkanes) is 1. The van der Waals surface area contributed by atoms with Crippen LogP contribution in [-0.2, 0) is 6.54 Å². The molecule has 1 aromatic rings. The second-order valence-corrected chi connectivity index (χ2v) is 5.63. The Balaban J connectivity index is 2.37. The second kappa shape index (κ2) is 7.86. The van der Waals surface area contributed by atoms with Crippen LogP contribution in [-0.4, -0.2) is 13.7 Å². The first-order valence-corrected chi connectivity index (χ1v) is 6.95. The largest absolute Gasteiger partial charge is 0.493 e. The van der Waals surface area contributed by atoms with Crippen molar-refractivity contribution < 1.29 is 9.13 Å². The van der Waals surface area contributed by atoms with Gasteiger partial charge in [0.15, 0.2) is 0 Å². The fourth-order valence-corrected chi connectivity index (χ4v) is 1.93. The van der Waals surface area contributed by atoms with Gasteiger partial charge < -0.3 is 10.1 Å². The quantitative estimate of drug-likeness (QED) is 0.738. The van der Waals surface area contributed by atoms with Gasteiger partial charge in [-0.1, -0.05) is 0 Å². The summed E-state index contributed by atoms with van der Waals surface area (Å²) in [5, 5.41) is 11.9. The van der Waals surface area contributed by atoms with Crippen LogP contribution in [0.3, 0.4) is 0 Å². The molecule has 0 radical (unpaired) electrons. The van der Waals surface area contributed by atoms with E-state index in [1.54, 1.807) is 0 Å². The van der Waals surface area contributed by atoms with E-state index in [2.05, 4.69) is 11.4 Å². The minimum Gasteiger partial charge on any atom is -0.493 e. The molecule has 4 heteroatoms. The number of benzene rings is 1. The minimum absolute atomic E-state index is 0.279. The molecule has 0 unspecified atom stereocenters. The number of hydrogen-bond acceptors (Lipinski definition) is 3. The first kappa shape index (κ1) is 16.5. The molecular formula is C16H23FN2O. The molecule has 0 aromatic heterocycles. The van der Waals surface area contributed by atoms with Gasteiger partial charge in [0, 0.05) is 12.6 Å². The molecule has 0 aliphatic heterocycles. The van der Waals surface area contributed by atoms with Gasteiger partial charge in [0.1, 0.15) is 11.6 Å². The zero-order valence-corrected chi connectivity index (χ0v) is 12.5. The van der Waals surface area contributed by atoms with E-state index in [1.807, 2.05) is 27.0 Å². The van der Waals surface area contributed by atoms with E-state index in [1.165, 1.54) is 12.1 Å². The van der Waals surface area contributed by atoms with Gasteiger partial charge in [-0.25, -0.2) is 4.39 Å². The highest BCUT2D eigenvalue weighted by Crippen LogP contribution is 2.22. The molecule has 0 aliphatic carbocycles. The third kappa shape index (κ3) is 6.03. The monoisotopic (exact) mass is 278 g/mol. The van der Waals surface area contributed by atoms with Crippen LogP contribution in [0, 0.1) is 22.6 Å². The number of hydrogen-bond donors (Lipinski definition) is 1. The van der Waals surface area contributed by atoms with E-state index in [4.69, 9.17) is 10.00 Å². The smallest absolute Gasteiger partial charge is 0.127 e. The van der Waals surface area contributed by atoms with E-state index >= 15 is 0 Å². The first-order valence-electron chi connectivity index (χ1n) is 6.95. The Labute approximate surface area is 120 Å². The Kier molecular flexibility index (Phi) is 6.47. The summed E-state index contributed by atoms with van der Waals surface area (Å²) in [6.07, 6.45) is 2.64. The van der Waals surface area contributed by atoms with Gasteiger partial charge in [-0.05, 0) is 57.9 Å². The average molecular weight is 278 g/mol. The number of rotatable bonds is 8. The maximum absolute atomic E-state index is 13.4. The summed E-state index contributed by atoms with van der Waals surface area (Å²) in [6.45, 7) is 5.03. The topological polar surface area (TPSA) is 45.0 Å². The number of ether oxygens (including phenoxy) is 1. The summed E-state index contributed by atoms with van der Waals surface area (Å²) < 4.78 is 19.0. The fraction of sp³-hybridized carbons (Fsp3) is 0.562. The molecule has 3 nitrogen and oxygen atoms in total. The van der Waals surface area contributed by atoms with Gasteiger partial charge in [-0.3, -0.25) is 0 Å². The summed E-state index contributed by atoms with van der Waals surface area (Å²) in [7, 11) is 1.82. The zero-order valence-electron chi connectivity index (χ0n) is 12.5. The summed E-state index contributed by atoms with van der Waals surface area (Å²) in [5.41, 5.74) is 0.590. The van der Waals surface area contributed by atoms with E-state index in [0.29, 0.717) is 18.9 Å². The van der Waals surface area contributed by atoms with Crippen molar-refractivity contribution in [3.05, 3.63) is 29.6 Å². The van der Waals surface area contributed by atoms with Crippen molar-refractivity contribution >= 4 is 0 Å². The summed E-state index contributed by atoms with van der Waals surface area (Å²) >= 11 is 0. The highest BCUT2D eigenvalue weighted by Gasteiger charge is 2.15. The molecule has 0 aliphatic rings. The predicted molar refractivity (Wildman–Crippen MR) is 77.9 cm³/mol. The van der Waals surface area contributed by atoms with Crippen molar-refractivity contribution in [2.24, 2.45) is 5.41 Å². The summed E-state index contributed by atoms with van der Waals surface area (Å²) in [6, 6.07) is 7.03. The van der Waals surface area contributed by atoms with Crippen molar-refractivity contribution in [3.8, 4) is 11.8 Å². The molecule has 1 rings (SSSR count). The van der Waals surface area contributed by atoms with Crippen LogP contribution in [0.15, 0.2) is 18.2 Å². The van der Waals surface area contributed by atoms with Crippen LogP contribution in [0.25, 0.3) is 0 Å². The van der Waals surface area contributed by atoms with Gasteiger partial charge in [0.2, 0.25) is 0 Å². The van der Waals surface area contributed by atoms with E-state index in [0.717, 1.165) is 24.8 Å². The van der Waals surface area contributed by atoms with E-state index in [-0.39, 0.29) is 11.2 Å². The Morgan fingerprint density at radius 2 is 2.05 bits per heavy atom. The van der Waals surface area contributed by atoms with Crippen LogP contribution >= 0.6 is 0 Å². The van der Waals surface area contributed by atoms with E-state index < -0.39 is 0 Å². The molecule has 0 saturated carbocycles. The SMILES string of the molecule is CNCc1cc(F)cc(OCCCCC(C)(C)C#N)c1. The summed E-state index contributed by atoms with van der Waals surface area (Å²) in [4.78, 5) is 0. The Morgan fingerprint density at radius 3 is 2.70 bits per heavy atom. The van der Waals surface area contributed by atoms with Crippen LogP contribution in [0.1, 0.15) is 38.7 Å². The maximum atomic E-state index is 13.4. The van der Waals surface area contributed by atoms with Gasteiger partial charge in [-0.15, -0.1) is 0 Å². The number of nitrogens with one attached hydrogen (secondary N) is 1. The number of nitrogens with zero attached hydrogens (tertiary/aromatic N) is 1. The first-order chi connectivity index (χ1) is 9.46. The van der Waals surface area contributed by atoms with Gasteiger partial charge in [-0.2, -0.15) is 5.26 Å². The molecule has 20 heavy (non-hydrogen) atoms. The lowest BCUT2D eigenvalue weighted by Crippen LogP contribution is -2.08. The van der Waals surface area contributed by atoms with Crippen molar-refractivity contribution in [1.82, 2.24) is 5.32 Å². The lowest BCUT2D eigenvalue weighted by molar-refractivity contribution is 0.293. The molecule has 0 atom stereocenters. The van der Waals surface area contributed by atoms with Gasteiger partial charge in [0.05, 0.1) is 18.1 Å².